The summed E-state index contributed by atoms with van der Waals surface area (Å²) in [6.45, 7) is 10.4. The van der Waals surface area contributed by atoms with Crippen LogP contribution >= 0.6 is 11.6 Å². The van der Waals surface area contributed by atoms with Crippen LogP contribution in [-0.2, 0) is 9.47 Å². The first-order valence-corrected chi connectivity index (χ1v) is 12.4. The number of halogens is 1. The molecule has 1 aromatic heterocycles. The van der Waals surface area contributed by atoms with Crippen LogP contribution in [0.4, 0.5) is 0 Å². The van der Waals surface area contributed by atoms with Crippen LogP contribution in [0.1, 0.15) is 57.4 Å². The van der Waals surface area contributed by atoms with Crippen molar-refractivity contribution < 1.29 is 39.8 Å². The number of carbonyl (C=O) groups excluding carboxylic acids is 1. The van der Waals surface area contributed by atoms with Gasteiger partial charge < -0.3 is 40.0 Å². The normalized spacial score (nSPS) is 57.7. The zero-order chi connectivity index (χ0) is 25.8. The molecule has 0 radical (unpaired) electrons. The smallest absolute Gasteiger partial charge is 0.355 e. The van der Waals surface area contributed by atoms with Crippen LogP contribution in [0.25, 0.3) is 0 Å². The van der Waals surface area contributed by atoms with Crippen molar-refractivity contribution in [2.75, 3.05) is 0 Å². The number of H-pyrrole nitrogens is 1. The minimum Gasteiger partial charge on any atom is -0.453 e. The Bertz CT molecular complexity index is 1170. The molecule has 0 unspecified atom stereocenters. The third kappa shape index (κ3) is 1.75. The van der Waals surface area contributed by atoms with E-state index in [1.54, 1.807) is 26.1 Å². The molecule has 3 heterocycles. The fourth-order valence-electron chi connectivity index (χ4n) is 9.25. The van der Waals surface area contributed by atoms with E-state index in [1.165, 1.54) is 19.9 Å². The van der Waals surface area contributed by atoms with Gasteiger partial charge in [0.2, 0.25) is 0 Å². The predicted octanol–water partition coefficient (Wildman–Crippen LogP) is 0.979. The SMILES string of the molecule is C=C1CC[C@]2(O)[C@]3(C)C[C@]4(O)O[C@@]2([C@@H]1O)[C@]1(O)[C@@]3(O)[C@H](OC(=O)c2ccc[nH]2)[C@](Cl)(C(C)C)[C@]14C. The van der Waals surface area contributed by atoms with Gasteiger partial charge in [0.1, 0.15) is 33.5 Å². The molecule has 1 spiro atoms. The van der Waals surface area contributed by atoms with Gasteiger partial charge in [-0.25, -0.2) is 4.79 Å². The molecule has 9 nitrogen and oxygen atoms in total. The number of nitrogens with one attached hydrogen (secondary N) is 1. The fraction of sp³-hybridized carbons (Fsp3) is 0.720. The van der Waals surface area contributed by atoms with Gasteiger partial charge in [0, 0.05) is 18.0 Å². The first kappa shape index (κ1) is 23.9. The number of alkyl halides is 1. The van der Waals surface area contributed by atoms with E-state index < -0.39 is 68.0 Å². The van der Waals surface area contributed by atoms with Gasteiger partial charge in [-0.2, -0.15) is 0 Å². The quantitative estimate of drug-likeness (QED) is 0.200. The number of carbonyl (C=O) groups is 1. The Morgan fingerprint density at radius 3 is 2.51 bits per heavy atom. The summed E-state index contributed by atoms with van der Waals surface area (Å²) in [5.74, 6) is -3.56. The molecule has 0 aromatic carbocycles. The Labute approximate surface area is 207 Å². The van der Waals surface area contributed by atoms with Gasteiger partial charge in [-0.1, -0.05) is 27.4 Å². The second kappa shape index (κ2) is 5.99. The Balaban J connectivity index is 1.70. The Morgan fingerprint density at radius 2 is 1.94 bits per heavy atom. The van der Waals surface area contributed by atoms with Gasteiger partial charge in [0.15, 0.2) is 17.5 Å². The lowest BCUT2D eigenvalue weighted by atomic mass is 9.53. The molecular formula is C25H32ClNO8. The van der Waals surface area contributed by atoms with E-state index in [-0.39, 0.29) is 25.0 Å². The minimum atomic E-state index is -2.53. The molecule has 6 N–H and O–H groups in total. The van der Waals surface area contributed by atoms with Crippen LogP contribution in [0.5, 0.6) is 0 Å². The summed E-state index contributed by atoms with van der Waals surface area (Å²) in [6.07, 6.45) is -1.76. The summed E-state index contributed by atoms with van der Waals surface area (Å²) < 4.78 is 12.2. The molecule has 10 heteroatoms. The zero-order valence-corrected chi connectivity index (χ0v) is 20.9. The van der Waals surface area contributed by atoms with E-state index in [9.17, 15) is 30.3 Å². The monoisotopic (exact) mass is 509 g/mol. The van der Waals surface area contributed by atoms with Crippen LogP contribution in [-0.4, -0.2) is 81.8 Å². The molecule has 6 aliphatic rings. The molecule has 4 saturated carbocycles. The molecule has 6 fully saturated rings. The van der Waals surface area contributed by atoms with Gasteiger partial charge in [-0.05, 0) is 43.4 Å². The van der Waals surface area contributed by atoms with E-state index in [4.69, 9.17) is 21.1 Å². The summed E-state index contributed by atoms with van der Waals surface area (Å²) in [5, 5.41) is 61.5. The molecule has 0 amide bonds. The Kier molecular flexibility index (Phi) is 4.09. The summed E-state index contributed by atoms with van der Waals surface area (Å²) in [7, 11) is 0. The number of hydrogen-bond donors (Lipinski definition) is 6. The highest BCUT2D eigenvalue weighted by atomic mass is 35.5. The number of aromatic nitrogens is 1. The maximum absolute atomic E-state index is 13.2. The van der Waals surface area contributed by atoms with Crippen molar-refractivity contribution in [2.45, 2.75) is 92.2 Å². The number of hydrogen-bond acceptors (Lipinski definition) is 8. The fourth-order valence-corrected chi connectivity index (χ4v) is 9.74. The number of aliphatic hydroxyl groups excluding tert-OH is 1. The molecule has 1 aromatic rings. The van der Waals surface area contributed by atoms with Gasteiger partial charge in [-0.3, -0.25) is 0 Å². The highest BCUT2D eigenvalue weighted by Crippen LogP contribution is 2.91. The first-order valence-electron chi connectivity index (χ1n) is 12.0. The van der Waals surface area contributed by atoms with E-state index in [0.29, 0.717) is 5.57 Å². The lowest BCUT2D eigenvalue weighted by molar-refractivity contribution is -0.377. The summed E-state index contributed by atoms with van der Waals surface area (Å²) in [4.78, 5) is 14.2. The number of ether oxygens (including phenoxy) is 2. The van der Waals surface area contributed by atoms with E-state index >= 15 is 0 Å². The maximum Gasteiger partial charge on any atom is 0.355 e. The Hall–Kier alpha value is -1.46. The molecule has 192 valence electrons. The van der Waals surface area contributed by atoms with Crippen LogP contribution in [0.2, 0.25) is 0 Å². The third-order valence-corrected chi connectivity index (χ3v) is 11.9. The topological polar surface area (TPSA) is 152 Å². The van der Waals surface area contributed by atoms with Gasteiger partial charge in [0.25, 0.3) is 0 Å². The van der Waals surface area contributed by atoms with Crippen molar-refractivity contribution in [1.29, 1.82) is 0 Å². The molecule has 2 aliphatic heterocycles. The van der Waals surface area contributed by atoms with E-state index in [2.05, 4.69) is 11.6 Å². The Morgan fingerprint density at radius 1 is 1.29 bits per heavy atom. The minimum absolute atomic E-state index is 0.00440. The average molecular weight is 510 g/mol. The van der Waals surface area contributed by atoms with Crippen molar-refractivity contribution in [2.24, 2.45) is 16.7 Å². The van der Waals surface area contributed by atoms with Crippen molar-refractivity contribution in [3.05, 3.63) is 36.2 Å². The van der Waals surface area contributed by atoms with Crippen molar-refractivity contribution in [3.63, 3.8) is 0 Å². The van der Waals surface area contributed by atoms with Crippen molar-refractivity contribution >= 4 is 17.6 Å². The highest BCUT2D eigenvalue weighted by molar-refractivity contribution is 6.26. The van der Waals surface area contributed by atoms with Crippen LogP contribution < -0.4 is 0 Å². The number of rotatable bonds is 3. The number of aliphatic hydroxyl groups is 5. The molecule has 10 atom stereocenters. The molecule has 6 bridgehead atoms. The lowest BCUT2D eigenvalue weighted by Crippen LogP contribution is -2.74. The first-order chi connectivity index (χ1) is 16.0. The number of esters is 1. The van der Waals surface area contributed by atoms with Crippen LogP contribution in [0.15, 0.2) is 30.5 Å². The van der Waals surface area contributed by atoms with Gasteiger partial charge >= 0.3 is 5.97 Å². The zero-order valence-electron chi connectivity index (χ0n) is 20.1. The number of aromatic amines is 1. The highest BCUT2D eigenvalue weighted by Gasteiger charge is 3.10. The van der Waals surface area contributed by atoms with Crippen LogP contribution in [0.3, 0.4) is 0 Å². The summed E-state index contributed by atoms with van der Waals surface area (Å²) in [5.41, 5.74) is -12.4. The maximum atomic E-state index is 13.2. The molecule has 4 aliphatic carbocycles. The summed E-state index contributed by atoms with van der Waals surface area (Å²) >= 11 is 7.39. The molecule has 35 heavy (non-hydrogen) atoms. The standard InChI is InChI=1S/C25H32ClNO8/c1-12(2)22(26)17(34-16(29)14-7-6-10-27-14)23(32)18(4)11-21(31)19(22,5)25(23,33)24(35-21)15(28)13(3)8-9-20(18,24)30/h6-7,10,12,15,17,27-28,30-33H,3,8-9,11H2,1-2,4-5H3/t15-,17-,18+,19-,20+,21+,22-,23-,24-,25-/m1/s1. The molecule has 2 saturated heterocycles. The van der Waals surface area contributed by atoms with Crippen LogP contribution in [0, 0.1) is 16.7 Å². The van der Waals surface area contributed by atoms with Crippen molar-refractivity contribution in [1.82, 2.24) is 4.98 Å². The van der Waals surface area contributed by atoms with E-state index in [1.807, 2.05) is 0 Å². The van der Waals surface area contributed by atoms with Gasteiger partial charge in [-0.15, -0.1) is 11.6 Å². The lowest BCUT2D eigenvalue weighted by Gasteiger charge is -2.60. The predicted molar refractivity (Wildman–Crippen MR) is 122 cm³/mol. The van der Waals surface area contributed by atoms with E-state index in [0.717, 1.165) is 0 Å². The third-order valence-electron chi connectivity index (χ3n) is 10.9. The summed E-state index contributed by atoms with van der Waals surface area (Å²) in [6, 6.07) is 3.11. The molecular weight excluding hydrogens is 478 g/mol. The van der Waals surface area contributed by atoms with Crippen molar-refractivity contribution in [3.8, 4) is 0 Å². The molecule has 7 rings (SSSR count). The average Bonchev–Trinajstić information content (AvgIpc) is 3.41. The second-order valence-electron chi connectivity index (χ2n) is 11.9. The van der Waals surface area contributed by atoms with Gasteiger partial charge in [0.05, 0.1) is 5.41 Å². The largest absolute Gasteiger partial charge is 0.453 e. The second-order valence-corrected chi connectivity index (χ2v) is 12.6.